The zero-order valence-electron chi connectivity index (χ0n) is 14.1. The second-order valence-corrected chi connectivity index (χ2v) is 7.23. The first-order valence-electron chi connectivity index (χ1n) is 8.48. The van der Waals surface area contributed by atoms with Crippen molar-refractivity contribution in [3.8, 4) is 0 Å². The predicted octanol–water partition coefficient (Wildman–Crippen LogP) is 1.76. The van der Waals surface area contributed by atoms with Crippen molar-refractivity contribution in [3.05, 3.63) is 16.7 Å². The first-order chi connectivity index (χ1) is 11.6. The minimum Gasteiger partial charge on any atom is -0.352 e. The summed E-state index contributed by atoms with van der Waals surface area (Å²) >= 11 is 1.38. The Morgan fingerprint density at radius 1 is 1.38 bits per heavy atom. The van der Waals surface area contributed by atoms with Gasteiger partial charge in [0.25, 0.3) is 5.56 Å². The molecule has 3 heterocycles. The highest BCUT2D eigenvalue weighted by Crippen LogP contribution is 2.27. The number of thiazole rings is 1. The number of amides is 1. The Morgan fingerprint density at radius 3 is 2.83 bits per heavy atom. The minimum atomic E-state index is -0.194. The summed E-state index contributed by atoms with van der Waals surface area (Å²) in [5.74, 6) is -0.173. The van der Waals surface area contributed by atoms with Gasteiger partial charge in [0.1, 0.15) is 17.6 Å². The van der Waals surface area contributed by atoms with E-state index in [1.807, 2.05) is 13.8 Å². The van der Waals surface area contributed by atoms with Gasteiger partial charge >= 0.3 is 0 Å². The lowest BCUT2D eigenvalue weighted by Gasteiger charge is -2.25. The standard InChI is InChI=1S/C16H23N5O2S/c1-3-11(2)18-12(22)9-21-10-17-14-13(15(21)23)24-16(19-14)20-7-5-4-6-8-20/h10-11H,3-9H2,1-2H3,(H,18,22)/t11-/m0/s1. The number of rotatable bonds is 5. The molecule has 0 spiro atoms. The van der Waals surface area contributed by atoms with Crippen LogP contribution in [0.1, 0.15) is 39.5 Å². The topological polar surface area (TPSA) is 80.1 Å². The molecule has 2 aromatic heterocycles. The third-order valence-electron chi connectivity index (χ3n) is 4.33. The maximum absolute atomic E-state index is 12.6. The molecular formula is C16H23N5O2S. The molecule has 0 saturated carbocycles. The largest absolute Gasteiger partial charge is 0.352 e. The lowest BCUT2D eigenvalue weighted by molar-refractivity contribution is -0.122. The lowest BCUT2D eigenvalue weighted by atomic mass is 10.1. The van der Waals surface area contributed by atoms with Crippen molar-refractivity contribution in [2.24, 2.45) is 0 Å². The molecule has 7 nitrogen and oxygen atoms in total. The first kappa shape index (κ1) is 16.9. The van der Waals surface area contributed by atoms with Crippen LogP contribution in [-0.4, -0.2) is 39.6 Å². The molecule has 1 fully saturated rings. The van der Waals surface area contributed by atoms with Gasteiger partial charge in [-0.05, 0) is 32.6 Å². The predicted molar refractivity (Wildman–Crippen MR) is 95.6 cm³/mol. The average Bonchev–Trinajstić information content (AvgIpc) is 3.03. The van der Waals surface area contributed by atoms with Crippen molar-refractivity contribution in [1.82, 2.24) is 19.9 Å². The first-order valence-corrected chi connectivity index (χ1v) is 9.30. The normalized spacial score (nSPS) is 16.3. The van der Waals surface area contributed by atoms with Crippen molar-refractivity contribution in [3.63, 3.8) is 0 Å². The summed E-state index contributed by atoms with van der Waals surface area (Å²) in [6.45, 7) is 5.89. The molecule has 0 aliphatic carbocycles. The molecule has 1 amide bonds. The number of anilines is 1. The smallest absolute Gasteiger partial charge is 0.273 e. The van der Waals surface area contributed by atoms with E-state index in [0.29, 0.717) is 10.3 Å². The number of aromatic nitrogens is 3. The van der Waals surface area contributed by atoms with E-state index in [9.17, 15) is 9.59 Å². The number of carbonyl (C=O) groups is 1. The van der Waals surface area contributed by atoms with Gasteiger partial charge in [0.15, 0.2) is 10.8 Å². The van der Waals surface area contributed by atoms with Gasteiger partial charge in [-0.3, -0.25) is 14.2 Å². The van der Waals surface area contributed by atoms with Crippen LogP contribution in [0.15, 0.2) is 11.1 Å². The van der Waals surface area contributed by atoms with Crippen LogP contribution in [0.4, 0.5) is 5.13 Å². The number of hydrogen-bond donors (Lipinski definition) is 1. The summed E-state index contributed by atoms with van der Waals surface area (Å²) in [6, 6.07) is 0.0963. The van der Waals surface area contributed by atoms with E-state index in [-0.39, 0.29) is 24.1 Å². The quantitative estimate of drug-likeness (QED) is 0.890. The van der Waals surface area contributed by atoms with Crippen LogP contribution in [0, 0.1) is 0 Å². The van der Waals surface area contributed by atoms with Crippen LogP contribution < -0.4 is 15.8 Å². The highest BCUT2D eigenvalue weighted by atomic mass is 32.1. The van der Waals surface area contributed by atoms with Crippen molar-refractivity contribution in [2.45, 2.75) is 52.1 Å². The molecule has 2 aromatic rings. The SMILES string of the molecule is CC[C@H](C)NC(=O)Cn1cnc2nc(N3CCCCC3)sc2c1=O. The molecule has 1 aliphatic heterocycles. The summed E-state index contributed by atoms with van der Waals surface area (Å²) in [5, 5.41) is 3.72. The summed E-state index contributed by atoms with van der Waals surface area (Å²) in [4.78, 5) is 35.6. The molecule has 0 radical (unpaired) electrons. The third kappa shape index (κ3) is 3.58. The van der Waals surface area contributed by atoms with Crippen molar-refractivity contribution >= 4 is 32.7 Å². The average molecular weight is 349 g/mol. The fraction of sp³-hybridized carbons (Fsp3) is 0.625. The van der Waals surface area contributed by atoms with Crippen molar-refractivity contribution < 1.29 is 4.79 Å². The summed E-state index contributed by atoms with van der Waals surface area (Å²) < 4.78 is 1.88. The van der Waals surface area contributed by atoms with Crippen LogP contribution in [-0.2, 0) is 11.3 Å². The lowest BCUT2D eigenvalue weighted by Crippen LogP contribution is -2.37. The Morgan fingerprint density at radius 2 is 2.12 bits per heavy atom. The maximum atomic E-state index is 12.6. The van der Waals surface area contributed by atoms with E-state index in [0.717, 1.165) is 37.5 Å². The Hall–Kier alpha value is -1.96. The van der Waals surface area contributed by atoms with Gasteiger partial charge in [-0.15, -0.1) is 0 Å². The van der Waals surface area contributed by atoms with Crippen molar-refractivity contribution in [2.75, 3.05) is 18.0 Å². The maximum Gasteiger partial charge on any atom is 0.273 e. The van der Waals surface area contributed by atoms with E-state index < -0.39 is 0 Å². The van der Waals surface area contributed by atoms with Crippen LogP contribution in [0.2, 0.25) is 0 Å². The molecule has 3 rings (SSSR count). The fourth-order valence-electron chi connectivity index (χ4n) is 2.75. The molecule has 0 unspecified atom stereocenters. The molecule has 130 valence electrons. The van der Waals surface area contributed by atoms with Crippen LogP contribution in [0.5, 0.6) is 0 Å². The highest BCUT2D eigenvalue weighted by Gasteiger charge is 2.18. The summed E-state index contributed by atoms with van der Waals surface area (Å²) in [7, 11) is 0. The Balaban J connectivity index is 1.82. The monoisotopic (exact) mass is 349 g/mol. The molecule has 0 aromatic carbocycles. The van der Waals surface area contributed by atoms with Gasteiger partial charge < -0.3 is 10.2 Å². The molecule has 1 saturated heterocycles. The van der Waals surface area contributed by atoms with Crippen LogP contribution in [0.3, 0.4) is 0 Å². The van der Waals surface area contributed by atoms with Gasteiger partial charge in [0.05, 0.1) is 0 Å². The van der Waals surface area contributed by atoms with E-state index in [1.165, 1.54) is 28.7 Å². The highest BCUT2D eigenvalue weighted by molar-refractivity contribution is 7.22. The Bertz CT molecular complexity index is 778. The Kier molecular flexibility index (Phi) is 5.13. The summed E-state index contributed by atoms with van der Waals surface area (Å²) in [5.41, 5.74) is 0.282. The number of nitrogens with zero attached hydrogens (tertiary/aromatic N) is 4. The van der Waals surface area contributed by atoms with E-state index in [2.05, 4.69) is 20.2 Å². The van der Waals surface area contributed by atoms with Gasteiger partial charge in [-0.1, -0.05) is 18.3 Å². The third-order valence-corrected chi connectivity index (χ3v) is 5.43. The summed E-state index contributed by atoms with van der Waals surface area (Å²) in [6.07, 6.45) is 5.83. The van der Waals surface area contributed by atoms with Crippen LogP contribution >= 0.6 is 11.3 Å². The molecule has 1 atom stereocenters. The number of nitrogens with one attached hydrogen (secondary N) is 1. The Labute approximate surface area is 144 Å². The zero-order valence-corrected chi connectivity index (χ0v) is 14.9. The van der Waals surface area contributed by atoms with Crippen LogP contribution in [0.25, 0.3) is 10.3 Å². The number of piperidine rings is 1. The zero-order chi connectivity index (χ0) is 17.1. The molecular weight excluding hydrogens is 326 g/mol. The van der Waals surface area contributed by atoms with Gasteiger partial charge in [-0.25, -0.2) is 4.98 Å². The molecule has 1 N–H and O–H groups in total. The second-order valence-electron chi connectivity index (χ2n) is 6.25. The molecule has 0 bridgehead atoms. The van der Waals surface area contributed by atoms with E-state index >= 15 is 0 Å². The van der Waals surface area contributed by atoms with Gasteiger partial charge in [0, 0.05) is 19.1 Å². The van der Waals surface area contributed by atoms with Crippen molar-refractivity contribution in [1.29, 1.82) is 0 Å². The van der Waals surface area contributed by atoms with Gasteiger partial charge in [-0.2, -0.15) is 4.98 Å². The van der Waals surface area contributed by atoms with Gasteiger partial charge in [0.2, 0.25) is 5.91 Å². The fourth-order valence-corrected chi connectivity index (χ4v) is 3.77. The minimum absolute atomic E-state index is 0.0109. The van der Waals surface area contributed by atoms with E-state index in [1.54, 1.807) is 0 Å². The molecule has 24 heavy (non-hydrogen) atoms. The molecule has 8 heteroatoms. The number of carbonyl (C=O) groups excluding carboxylic acids is 1. The number of fused-ring (bicyclic) bond motifs is 1. The molecule has 1 aliphatic rings. The second kappa shape index (κ2) is 7.29. The van der Waals surface area contributed by atoms with E-state index in [4.69, 9.17) is 0 Å². The number of hydrogen-bond acceptors (Lipinski definition) is 6.